The van der Waals surface area contributed by atoms with Crippen LogP contribution < -0.4 is 10.6 Å². The second-order valence-corrected chi connectivity index (χ2v) is 20.1. The summed E-state index contributed by atoms with van der Waals surface area (Å²) in [6.45, 7) is 7.04. The average molecular weight is 918 g/mol. The molecule has 0 aliphatic rings. The zero-order valence-electron chi connectivity index (χ0n) is 43.5. The van der Waals surface area contributed by atoms with Gasteiger partial charge in [-0.15, -0.1) is 0 Å². The fourth-order valence-electron chi connectivity index (χ4n) is 9.15. The lowest BCUT2D eigenvalue weighted by Gasteiger charge is -2.19. The van der Waals surface area contributed by atoms with Crippen molar-refractivity contribution in [1.29, 1.82) is 0 Å². The van der Waals surface area contributed by atoms with E-state index in [9.17, 15) is 15.3 Å². The summed E-state index contributed by atoms with van der Waals surface area (Å²) in [6, 6.07) is 5.25. The number of aromatic hydroxyl groups is 1. The van der Waals surface area contributed by atoms with Gasteiger partial charge in [0.2, 0.25) is 0 Å². The third-order valence-electron chi connectivity index (χ3n) is 13.5. The number of nitrogens with one attached hydrogen (secondary N) is 2. The lowest BCUT2D eigenvalue weighted by atomic mass is 10.0. The quantitative estimate of drug-likeness (QED) is 0.0328. The lowest BCUT2D eigenvalue weighted by Crippen LogP contribution is -2.27. The minimum absolute atomic E-state index is 0.100. The van der Waals surface area contributed by atoms with Gasteiger partial charge in [0.25, 0.3) is 0 Å². The molecule has 0 saturated carbocycles. The molecule has 7 nitrogen and oxygen atoms in total. The maximum Gasteiger partial charge on any atom is 0.140 e. The van der Waals surface area contributed by atoms with Gasteiger partial charge in [0.15, 0.2) is 0 Å². The van der Waals surface area contributed by atoms with E-state index in [2.05, 4.69) is 24.5 Å². The number of unbranched alkanes of at least 4 members (excludes halogenated alkanes) is 40. The summed E-state index contributed by atoms with van der Waals surface area (Å²) >= 11 is 0. The van der Waals surface area contributed by atoms with E-state index in [-0.39, 0.29) is 25.5 Å². The molecule has 5 N–H and O–H groups in total. The molecule has 0 aliphatic heterocycles. The van der Waals surface area contributed by atoms with Crippen molar-refractivity contribution in [2.75, 3.05) is 50.2 Å². The van der Waals surface area contributed by atoms with E-state index in [4.69, 9.17) is 9.47 Å². The van der Waals surface area contributed by atoms with Crippen molar-refractivity contribution in [1.82, 2.24) is 0 Å². The maximum atomic E-state index is 10.5. The number of hydrogen-bond acceptors (Lipinski definition) is 7. The Hall–Kier alpha value is -1.54. The Balaban J connectivity index is 1.91. The van der Waals surface area contributed by atoms with Gasteiger partial charge in [-0.1, -0.05) is 277 Å². The lowest BCUT2D eigenvalue weighted by molar-refractivity contribution is 0.0414. The Kier molecular flexibility index (Phi) is 47.6. The van der Waals surface area contributed by atoms with E-state index >= 15 is 0 Å². The number of hydrogen-bond donors (Lipinski definition) is 5. The van der Waals surface area contributed by atoms with Gasteiger partial charge in [-0.05, 0) is 25.0 Å². The van der Waals surface area contributed by atoms with Gasteiger partial charge >= 0.3 is 0 Å². The summed E-state index contributed by atoms with van der Waals surface area (Å²) in [7, 11) is 0. The highest BCUT2D eigenvalue weighted by molar-refractivity contribution is 5.75. The summed E-state index contributed by atoms with van der Waals surface area (Å²) in [5.74, 6) is 0.100. The molecule has 2 atom stereocenters. The Morgan fingerprint density at radius 2 is 0.631 bits per heavy atom. The monoisotopic (exact) mass is 917 g/mol. The molecule has 1 aromatic rings. The second-order valence-electron chi connectivity index (χ2n) is 20.1. The highest BCUT2D eigenvalue weighted by Gasteiger charge is 2.12. The molecule has 0 saturated heterocycles. The summed E-state index contributed by atoms with van der Waals surface area (Å²) < 4.78 is 11.5. The van der Waals surface area contributed by atoms with Gasteiger partial charge in [-0.25, -0.2) is 0 Å². The van der Waals surface area contributed by atoms with E-state index < -0.39 is 12.2 Å². The van der Waals surface area contributed by atoms with Crippen molar-refractivity contribution in [2.24, 2.45) is 0 Å². The van der Waals surface area contributed by atoms with Crippen LogP contribution in [0.4, 0.5) is 11.4 Å². The molecular weight excluding hydrogens is 805 g/mol. The largest absolute Gasteiger partial charge is 0.506 e. The number of benzene rings is 1. The topological polar surface area (TPSA) is 103 Å². The highest BCUT2D eigenvalue weighted by atomic mass is 16.5. The molecule has 0 aliphatic carbocycles. The minimum Gasteiger partial charge on any atom is -0.506 e. The molecule has 0 aromatic heterocycles. The summed E-state index contributed by atoms with van der Waals surface area (Å²) in [5.41, 5.74) is 1.20. The molecule has 0 bridgehead atoms. The van der Waals surface area contributed by atoms with Gasteiger partial charge in [0.05, 0.1) is 31.1 Å². The molecule has 384 valence electrons. The first kappa shape index (κ1) is 61.5. The molecule has 1 rings (SSSR count). The predicted octanol–water partition coefficient (Wildman–Crippen LogP) is 17.4. The van der Waals surface area contributed by atoms with E-state index in [1.54, 1.807) is 12.1 Å². The van der Waals surface area contributed by atoms with Crippen LogP contribution in [0.25, 0.3) is 0 Å². The predicted molar refractivity (Wildman–Crippen MR) is 284 cm³/mol. The molecule has 0 heterocycles. The van der Waals surface area contributed by atoms with Crippen molar-refractivity contribution in [2.45, 2.75) is 296 Å². The van der Waals surface area contributed by atoms with Crippen molar-refractivity contribution < 1.29 is 24.8 Å². The highest BCUT2D eigenvalue weighted by Crippen LogP contribution is 2.31. The summed E-state index contributed by atoms with van der Waals surface area (Å²) in [5, 5.41) is 38.0. The number of rotatable bonds is 54. The molecule has 65 heavy (non-hydrogen) atoms. The molecule has 0 spiro atoms. The van der Waals surface area contributed by atoms with Gasteiger partial charge in [-0.2, -0.15) is 0 Å². The fraction of sp³-hybridized carbons (Fsp3) is 0.897. The number of aliphatic hydroxyl groups is 2. The van der Waals surface area contributed by atoms with Crippen LogP contribution in [-0.2, 0) is 9.47 Å². The molecule has 2 unspecified atom stereocenters. The van der Waals surface area contributed by atoms with Crippen LogP contribution in [0.5, 0.6) is 5.75 Å². The first-order chi connectivity index (χ1) is 32.1. The van der Waals surface area contributed by atoms with Crippen LogP contribution in [0.15, 0.2) is 18.2 Å². The van der Waals surface area contributed by atoms with Crippen molar-refractivity contribution in [3.8, 4) is 5.75 Å². The molecule has 7 heteroatoms. The number of ether oxygens (including phenoxy) is 2. The zero-order chi connectivity index (χ0) is 46.8. The Bertz CT molecular complexity index is 1070. The standard InChI is InChI=1S/C58H112N2O5/c1-3-5-7-9-11-13-15-17-19-21-23-25-27-29-31-33-35-37-39-41-43-48-64-52-54(61)50-59-56-46-45-47-57(63)58(56)60-51-55(62)53-65-49-44-42-40-38-36-34-32-30-28-26-24-22-20-18-16-14-12-10-8-6-4-2/h45-47,54-55,59-63H,3-44,48-53H2,1-2H3. The number of phenolic OH excluding ortho intramolecular Hbond substituents is 1. The Labute approximate surface area is 404 Å². The number of anilines is 2. The average Bonchev–Trinajstić information content (AvgIpc) is 3.31. The molecule has 0 radical (unpaired) electrons. The fourth-order valence-corrected chi connectivity index (χ4v) is 9.15. The van der Waals surface area contributed by atoms with Crippen LogP contribution >= 0.6 is 0 Å². The van der Waals surface area contributed by atoms with Crippen LogP contribution in [0.1, 0.15) is 284 Å². The Morgan fingerprint density at radius 1 is 0.369 bits per heavy atom. The van der Waals surface area contributed by atoms with Crippen LogP contribution in [0.2, 0.25) is 0 Å². The molecular formula is C58H112N2O5. The van der Waals surface area contributed by atoms with E-state index in [0.29, 0.717) is 31.1 Å². The minimum atomic E-state index is -0.685. The Morgan fingerprint density at radius 3 is 0.923 bits per heavy atom. The third kappa shape index (κ3) is 43.5. The first-order valence-corrected chi connectivity index (χ1v) is 28.9. The molecule has 0 fully saturated rings. The van der Waals surface area contributed by atoms with Gasteiger partial charge in [0.1, 0.15) is 11.4 Å². The molecule has 1 aromatic carbocycles. The SMILES string of the molecule is CCCCCCCCCCCCCCCCCCCCCCCOCC(O)CNc1cccc(O)c1NCC(O)COCCCCCCCCCCCCCCCCCCCCCCC. The summed E-state index contributed by atoms with van der Waals surface area (Å²) in [4.78, 5) is 0. The van der Waals surface area contributed by atoms with Crippen LogP contribution in [-0.4, -0.2) is 67.0 Å². The van der Waals surface area contributed by atoms with Crippen LogP contribution in [0.3, 0.4) is 0 Å². The van der Waals surface area contributed by atoms with Crippen molar-refractivity contribution in [3.63, 3.8) is 0 Å². The van der Waals surface area contributed by atoms with Gasteiger partial charge < -0.3 is 35.4 Å². The van der Waals surface area contributed by atoms with E-state index in [0.717, 1.165) is 12.8 Å². The van der Waals surface area contributed by atoms with Crippen LogP contribution in [0, 0.1) is 0 Å². The second kappa shape index (κ2) is 50.3. The van der Waals surface area contributed by atoms with Gasteiger partial charge in [0, 0.05) is 26.3 Å². The van der Waals surface area contributed by atoms with Gasteiger partial charge in [-0.3, -0.25) is 0 Å². The summed E-state index contributed by atoms with van der Waals surface area (Å²) in [6.07, 6.45) is 56.5. The van der Waals surface area contributed by atoms with E-state index in [1.807, 2.05) is 6.07 Å². The first-order valence-electron chi connectivity index (χ1n) is 28.9. The maximum absolute atomic E-state index is 10.5. The van der Waals surface area contributed by atoms with Crippen molar-refractivity contribution in [3.05, 3.63) is 18.2 Å². The number of phenols is 1. The third-order valence-corrected chi connectivity index (χ3v) is 13.5. The zero-order valence-corrected chi connectivity index (χ0v) is 43.5. The number of para-hydroxylation sites is 1. The van der Waals surface area contributed by atoms with Crippen molar-refractivity contribution >= 4 is 11.4 Å². The smallest absolute Gasteiger partial charge is 0.140 e. The van der Waals surface area contributed by atoms with E-state index in [1.165, 1.54) is 257 Å². The number of aliphatic hydroxyl groups excluding tert-OH is 2. The normalized spacial score (nSPS) is 12.6. The molecule has 0 amide bonds.